The van der Waals surface area contributed by atoms with Crippen LogP contribution in [0.4, 0.5) is 0 Å². The van der Waals surface area contributed by atoms with Crippen molar-refractivity contribution in [1.29, 1.82) is 0 Å². The van der Waals surface area contributed by atoms with Gasteiger partial charge in [0.1, 0.15) is 0 Å². The average molecular weight is 324 g/mol. The van der Waals surface area contributed by atoms with Gasteiger partial charge in [-0.3, -0.25) is 4.79 Å². The molecule has 0 aromatic carbocycles. The fourth-order valence-corrected chi connectivity index (χ4v) is 6.23. The number of nitrogens with one attached hydrogen (secondary N) is 1. The van der Waals surface area contributed by atoms with Crippen LogP contribution < -0.4 is 5.32 Å². The Bertz CT molecular complexity index is 513. The van der Waals surface area contributed by atoms with Crippen LogP contribution in [0.3, 0.4) is 0 Å². The topological polar surface area (TPSA) is 29.1 Å². The van der Waals surface area contributed by atoms with Gasteiger partial charge in [0.15, 0.2) is 0 Å². The molecule has 4 aliphatic rings. The molecule has 1 N–H and O–H groups in total. The van der Waals surface area contributed by atoms with E-state index in [4.69, 9.17) is 11.6 Å². The third-order valence-corrected chi connectivity index (χ3v) is 7.07. The van der Waals surface area contributed by atoms with Crippen LogP contribution in [0.5, 0.6) is 0 Å². The van der Waals surface area contributed by atoms with Gasteiger partial charge in [0.2, 0.25) is 5.91 Å². The first-order valence-electron chi connectivity index (χ1n) is 8.21. The Labute approximate surface area is 135 Å². The second kappa shape index (κ2) is 5.58. The molecule has 1 aromatic rings. The Morgan fingerprint density at radius 3 is 2.38 bits per heavy atom. The monoisotopic (exact) mass is 323 g/mol. The van der Waals surface area contributed by atoms with Gasteiger partial charge in [0.05, 0.1) is 4.34 Å². The zero-order valence-corrected chi connectivity index (χ0v) is 13.8. The van der Waals surface area contributed by atoms with E-state index in [1.165, 1.54) is 37.0 Å². The number of hydrogen-bond acceptors (Lipinski definition) is 2. The summed E-state index contributed by atoms with van der Waals surface area (Å²) in [7, 11) is 0. The Hall–Kier alpha value is -0.540. The van der Waals surface area contributed by atoms with Crippen molar-refractivity contribution < 1.29 is 4.79 Å². The van der Waals surface area contributed by atoms with Crippen LogP contribution in [0, 0.1) is 23.7 Å². The minimum absolute atomic E-state index is 0.233. The molecular weight excluding hydrogens is 302 g/mol. The summed E-state index contributed by atoms with van der Waals surface area (Å²) in [4.78, 5) is 13.5. The van der Waals surface area contributed by atoms with E-state index in [0.29, 0.717) is 12.5 Å². The average Bonchev–Trinajstić information content (AvgIpc) is 2.85. The molecule has 1 amide bonds. The van der Waals surface area contributed by atoms with Crippen molar-refractivity contribution in [2.24, 2.45) is 23.7 Å². The summed E-state index contributed by atoms with van der Waals surface area (Å²) in [6.45, 7) is 0. The van der Waals surface area contributed by atoms with Gasteiger partial charge in [-0.2, -0.15) is 0 Å². The lowest BCUT2D eigenvalue weighted by Crippen LogP contribution is -2.55. The first-order valence-corrected chi connectivity index (χ1v) is 9.40. The number of amides is 1. The molecule has 4 bridgehead atoms. The predicted molar refractivity (Wildman–Crippen MR) is 86.6 cm³/mol. The lowest BCUT2D eigenvalue weighted by molar-refractivity contribution is -0.125. The highest BCUT2D eigenvalue weighted by atomic mass is 35.5. The van der Waals surface area contributed by atoms with Gasteiger partial charge in [0, 0.05) is 17.3 Å². The summed E-state index contributed by atoms with van der Waals surface area (Å²) in [5.41, 5.74) is 0. The number of thiophene rings is 1. The molecule has 4 heteroatoms. The highest BCUT2D eigenvalue weighted by Crippen LogP contribution is 2.53. The highest BCUT2D eigenvalue weighted by Gasteiger charge is 2.48. The minimum atomic E-state index is 0.233. The second-order valence-corrected chi connectivity index (χ2v) is 9.03. The Morgan fingerprint density at radius 2 is 1.81 bits per heavy atom. The fourth-order valence-electron chi connectivity index (χ4n) is 5.14. The molecule has 1 aromatic heterocycles. The zero-order chi connectivity index (χ0) is 14.4. The van der Waals surface area contributed by atoms with Gasteiger partial charge in [0.25, 0.3) is 0 Å². The predicted octanol–water partition coefficient (Wildman–Crippen LogP) is 4.28. The molecule has 5 rings (SSSR count). The van der Waals surface area contributed by atoms with Crippen LogP contribution in [-0.4, -0.2) is 11.9 Å². The summed E-state index contributed by atoms with van der Waals surface area (Å²) in [5, 5.41) is 3.37. The maximum absolute atomic E-state index is 12.3. The quantitative estimate of drug-likeness (QED) is 0.880. The standard InChI is InChI=1S/C17H22ClNOS/c18-15-3-1-14(21-15)2-4-16(20)19-17-12-6-10-5-11(8-12)9-13(17)7-10/h1,3,10-13,17H,2,4-9H2,(H,19,20). The summed E-state index contributed by atoms with van der Waals surface area (Å²) in [5.74, 6) is 3.70. The Kier molecular flexibility index (Phi) is 3.74. The molecule has 21 heavy (non-hydrogen) atoms. The number of rotatable bonds is 4. The lowest BCUT2D eigenvalue weighted by Gasteiger charge is -2.54. The number of aryl methyl sites for hydroxylation is 1. The molecule has 114 valence electrons. The minimum Gasteiger partial charge on any atom is -0.353 e. The molecule has 0 atom stereocenters. The molecule has 0 aliphatic heterocycles. The van der Waals surface area contributed by atoms with E-state index in [-0.39, 0.29) is 5.91 Å². The van der Waals surface area contributed by atoms with E-state index >= 15 is 0 Å². The highest BCUT2D eigenvalue weighted by molar-refractivity contribution is 7.16. The van der Waals surface area contributed by atoms with E-state index in [1.54, 1.807) is 11.3 Å². The van der Waals surface area contributed by atoms with Crippen LogP contribution in [0.1, 0.15) is 43.4 Å². The van der Waals surface area contributed by atoms with Crippen molar-refractivity contribution in [3.8, 4) is 0 Å². The second-order valence-electron chi connectivity index (χ2n) is 7.23. The van der Waals surface area contributed by atoms with E-state index in [9.17, 15) is 4.79 Å². The SMILES string of the molecule is O=C(CCc1ccc(Cl)s1)NC1C2CC3CC(C2)CC1C3. The van der Waals surface area contributed by atoms with E-state index in [2.05, 4.69) is 5.32 Å². The smallest absolute Gasteiger partial charge is 0.220 e. The molecule has 2 nitrogen and oxygen atoms in total. The molecule has 4 aliphatic carbocycles. The molecule has 0 unspecified atom stereocenters. The summed E-state index contributed by atoms with van der Waals surface area (Å²) in [6, 6.07) is 4.41. The maximum atomic E-state index is 12.3. The maximum Gasteiger partial charge on any atom is 0.220 e. The van der Waals surface area contributed by atoms with Crippen LogP contribution in [0.2, 0.25) is 4.34 Å². The molecule has 4 fully saturated rings. The third kappa shape index (κ3) is 2.87. The van der Waals surface area contributed by atoms with Crippen molar-refractivity contribution in [3.05, 3.63) is 21.3 Å². The lowest BCUT2D eigenvalue weighted by atomic mass is 9.54. The van der Waals surface area contributed by atoms with Crippen molar-refractivity contribution in [2.45, 2.75) is 51.0 Å². The van der Waals surface area contributed by atoms with Crippen LogP contribution in [-0.2, 0) is 11.2 Å². The molecule has 0 radical (unpaired) electrons. The number of carbonyl (C=O) groups is 1. The van der Waals surface area contributed by atoms with Crippen molar-refractivity contribution in [1.82, 2.24) is 5.32 Å². The first kappa shape index (κ1) is 14.1. The molecule has 0 spiro atoms. The zero-order valence-electron chi connectivity index (χ0n) is 12.2. The molecule has 1 heterocycles. The van der Waals surface area contributed by atoms with Crippen molar-refractivity contribution in [2.75, 3.05) is 0 Å². The van der Waals surface area contributed by atoms with E-state index in [0.717, 1.165) is 34.4 Å². The number of carbonyl (C=O) groups excluding carboxylic acids is 1. The van der Waals surface area contributed by atoms with Crippen molar-refractivity contribution >= 4 is 28.8 Å². The van der Waals surface area contributed by atoms with Gasteiger partial charge < -0.3 is 5.32 Å². The molecule has 4 saturated carbocycles. The van der Waals surface area contributed by atoms with Gasteiger partial charge >= 0.3 is 0 Å². The molecule has 0 saturated heterocycles. The summed E-state index contributed by atoms with van der Waals surface area (Å²) < 4.78 is 0.812. The normalized spacial score (nSPS) is 36.9. The van der Waals surface area contributed by atoms with Gasteiger partial charge in [-0.25, -0.2) is 0 Å². The van der Waals surface area contributed by atoms with Crippen LogP contribution in [0.25, 0.3) is 0 Å². The van der Waals surface area contributed by atoms with E-state index in [1.807, 2.05) is 12.1 Å². The Morgan fingerprint density at radius 1 is 1.14 bits per heavy atom. The first-order chi connectivity index (χ1) is 10.2. The van der Waals surface area contributed by atoms with E-state index < -0.39 is 0 Å². The van der Waals surface area contributed by atoms with Gasteiger partial charge in [-0.15, -0.1) is 11.3 Å². The van der Waals surface area contributed by atoms with Gasteiger partial charge in [-0.1, -0.05) is 11.6 Å². The summed E-state index contributed by atoms with van der Waals surface area (Å²) >= 11 is 7.52. The Balaban J connectivity index is 1.32. The third-order valence-electron chi connectivity index (χ3n) is 5.78. The largest absolute Gasteiger partial charge is 0.353 e. The van der Waals surface area contributed by atoms with Crippen LogP contribution >= 0.6 is 22.9 Å². The molecular formula is C17H22ClNOS. The fraction of sp³-hybridized carbons (Fsp3) is 0.706. The van der Waals surface area contributed by atoms with Crippen molar-refractivity contribution in [3.63, 3.8) is 0 Å². The summed E-state index contributed by atoms with van der Waals surface area (Å²) in [6.07, 6.45) is 8.32. The van der Waals surface area contributed by atoms with Gasteiger partial charge in [-0.05, 0) is 74.3 Å². The number of hydrogen-bond donors (Lipinski definition) is 1. The van der Waals surface area contributed by atoms with Crippen LogP contribution in [0.15, 0.2) is 12.1 Å². The number of halogens is 1.